The highest BCUT2D eigenvalue weighted by Gasteiger charge is 2.28. The van der Waals surface area contributed by atoms with Gasteiger partial charge in [-0.15, -0.1) is 0 Å². The van der Waals surface area contributed by atoms with Crippen LogP contribution in [0.3, 0.4) is 0 Å². The van der Waals surface area contributed by atoms with Gasteiger partial charge in [0, 0.05) is 18.3 Å². The molecule has 4 rings (SSSR count). The molecule has 136 valence electrons. The number of nitro benzene ring substituents is 1. The average molecular weight is 369 g/mol. The number of hydrogen-bond donors (Lipinski definition) is 0. The smallest absolute Gasteiger partial charge is 0.345 e. The molecule has 0 N–H and O–H groups in total. The number of nitrogens with zero attached hydrogens (tertiary/aromatic N) is 3. The maximum Gasteiger partial charge on any atom is 0.345 e. The maximum atomic E-state index is 12.4. The first-order valence-electron chi connectivity index (χ1n) is 7.75. The Morgan fingerprint density at radius 2 is 2.04 bits per heavy atom. The van der Waals surface area contributed by atoms with Gasteiger partial charge in [-0.2, -0.15) is 0 Å². The quantitative estimate of drug-likeness (QED) is 0.387. The molecule has 0 radical (unpaired) electrons. The van der Waals surface area contributed by atoms with Crippen molar-refractivity contribution in [3.63, 3.8) is 0 Å². The van der Waals surface area contributed by atoms with Gasteiger partial charge in [0.15, 0.2) is 11.5 Å². The average Bonchev–Trinajstić information content (AvgIpc) is 3.12. The van der Waals surface area contributed by atoms with E-state index in [-0.39, 0.29) is 41.7 Å². The highest BCUT2D eigenvalue weighted by molar-refractivity contribution is 5.95. The van der Waals surface area contributed by atoms with Crippen molar-refractivity contribution in [1.29, 1.82) is 0 Å². The number of carbonyl (C=O) groups excluding carboxylic acids is 1. The van der Waals surface area contributed by atoms with Crippen LogP contribution in [0.1, 0.15) is 16.1 Å². The zero-order chi connectivity index (χ0) is 19.0. The molecule has 0 unspecified atom stereocenters. The third kappa shape index (κ3) is 3.03. The number of benzene rings is 1. The van der Waals surface area contributed by atoms with E-state index in [0.717, 1.165) is 6.07 Å². The highest BCUT2D eigenvalue weighted by Crippen LogP contribution is 2.38. The summed E-state index contributed by atoms with van der Waals surface area (Å²) in [4.78, 5) is 39.2. The Morgan fingerprint density at radius 3 is 2.81 bits per heavy atom. The Morgan fingerprint density at radius 1 is 1.26 bits per heavy atom. The number of nitro groups is 1. The van der Waals surface area contributed by atoms with Gasteiger partial charge in [0.05, 0.1) is 16.7 Å². The van der Waals surface area contributed by atoms with Crippen molar-refractivity contribution in [2.24, 2.45) is 0 Å². The normalized spacial score (nSPS) is 12.1. The van der Waals surface area contributed by atoms with Gasteiger partial charge in [0.1, 0.15) is 17.8 Å². The molecule has 1 aliphatic heterocycles. The van der Waals surface area contributed by atoms with Crippen molar-refractivity contribution >= 4 is 17.3 Å². The molecule has 0 spiro atoms. The first-order valence-corrected chi connectivity index (χ1v) is 7.75. The van der Waals surface area contributed by atoms with Gasteiger partial charge in [-0.05, 0) is 12.1 Å². The van der Waals surface area contributed by atoms with E-state index in [2.05, 4.69) is 4.98 Å². The van der Waals surface area contributed by atoms with Crippen molar-refractivity contribution < 1.29 is 23.9 Å². The molecule has 0 aliphatic carbocycles. The van der Waals surface area contributed by atoms with Crippen LogP contribution in [0.25, 0.3) is 5.65 Å². The molecule has 0 saturated carbocycles. The number of rotatable bonds is 4. The topological polar surface area (TPSA) is 122 Å². The lowest BCUT2D eigenvalue weighted by Crippen LogP contribution is -2.16. The molecular weight excluding hydrogens is 358 g/mol. The van der Waals surface area contributed by atoms with Gasteiger partial charge in [-0.3, -0.25) is 19.3 Å². The zero-order valence-electron chi connectivity index (χ0n) is 13.7. The Balaban J connectivity index is 1.60. The van der Waals surface area contributed by atoms with Crippen LogP contribution in [0.15, 0.2) is 47.4 Å². The Hall–Kier alpha value is -3.95. The fourth-order valence-electron chi connectivity index (χ4n) is 2.64. The number of fused-ring (bicyclic) bond motifs is 2. The summed E-state index contributed by atoms with van der Waals surface area (Å²) in [6.45, 7) is -0.402. The molecule has 10 nitrogen and oxygen atoms in total. The monoisotopic (exact) mass is 369 g/mol. The van der Waals surface area contributed by atoms with Crippen molar-refractivity contribution in [3.05, 3.63) is 74.3 Å². The molecule has 0 atom stereocenters. The van der Waals surface area contributed by atoms with Crippen LogP contribution in [0.5, 0.6) is 11.5 Å². The van der Waals surface area contributed by atoms with Gasteiger partial charge in [0.25, 0.3) is 11.2 Å². The maximum absolute atomic E-state index is 12.4. The zero-order valence-corrected chi connectivity index (χ0v) is 13.7. The Kier molecular flexibility index (Phi) is 3.92. The number of hydrogen-bond acceptors (Lipinski definition) is 8. The first-order chi connectivity index (χ1) is 13.0. The number of ether oxygens (including phenoxy) is 3. The molecule has 27 heavy (non-hydrogen) atoms. The SMILES string of the molecule is O=C(OCc1cc(=O)n2ccccc2n1)c1cc2c(cc1[N+](=O)[O-])OCO2. The largest absolute Gasteiger partial charge is 0.455 e. The van der Waals surface area contributed by atoms with E-state index in [9.17, 15) is 19.7 Å². The minimum Gasteiger partial charge on any atom is -0.455 e. The third-order valence-corrected chi connectivity index (χ3v) is 3.88. The Bertz CT molecular complexity index is 1140. The molecule has 10 heteroatoms. The fourth-order valence-corrected chi connectivity index (χ4v) is 2.64. The van der Waals surface area contributed by atoms with Crippen molar-refractivity contribution in [2.45, 2.75) is 6.61 Å². The predicted octanol–water partition coefficient (Wildman–Crippen LogP) is 1.69. The number of pyridine rings is 1. The lowest BCUT2D eigenvalue weighted by atomic mass is 10.1. The van der Waals surface area contributed by atoms with Gasteiger partial charge < -0.3 is 14.2 Å². The lowest BCUT2D eigenvalue weighted by molar-refractivity contribution is -0.385. The van der Waals surface area contributed by atoms with E-state index in [1.165, 1.54) is 16.5 Å². The van der Waals surface area contributed by atoms with Gasteiger partial charge in [-0.1, -0.05) is 6.07 Å². The minimum absolute atomic E-state index is 0.0874. The summed E-state index contributed by atoms with van der Waals surface area (Å²) in [7, 11) is 0. The summed E-state index contributed by atoms with van der Waals surface area (Å²) < 4.78 is 16.7. The summed E-state index contributed by atoms with van der Waals surface area (Å²) in [5.41, 5.74) is -0.452. The summed E-state index contributed by atoms with van der Waals surface area (Å²) in [6, 6.07) is 8.58. The molecule has 0 saturated heterocycles. The van der Waals surface area contributed by atoms with Crippen LogP contribution >= 0.6 is 0 Å². The van der Waals surface area contributed by atoms with Gasteiger partial charge in [0.2, 0.25) is 6.79 Å². The van der Waals surface area contributed by atoms with E-state index in [1.54, 1.807) is 24.4 Å². The first kappa shape index (κ1) is 16.5. The second-order valence-electron chi connectivity index (χ2n) is 5.57. The lowest BCUT2D eigenvalue weighted by Gasteiger charge is -2.07. The standard InChI is InChI=1S/C17H11N3O7/c21-16-5-10(18-15-3-1-2-4-19(15)16)8-25-17(22)11-6-13-14(27-9-26-13)7-12(11)20(23)24/h1-7H,8-9H2. The molecule has 1 aromatic carbocycles. The van der Waals surface area contributed by atoms with Crippen LogP contribution in [0.2, 0.25) is 0 Å². The molecule has 3 aromatic rings. The van der Waals surface area contributed by atoms with E-state index in [0.29, 0.717) is 5.65 Å². The van der Waals surface area contributed by atoms with Crippen molar-refractivity contribution in [3.8, 4) is 11.5 Å². The molecule has 1 aliphatic rings. The minimum atomic E-state index is -0.935. The van der Waals surface area contributed by atoms with Crippen LogP contribution in [0.4, 0.5) is 5.69 Å². The fraction of sp³-hybridized carbons (Fsp3) is 0.118. The van der Waals surface area contributed by atoms with E-state index in [4.69, 9.17) is 14.2 Å². The summed E-state index contributed by atoms with van der Waals surface area (Å²) in [6.07, 6.45) is 1.57. The molecule has 0 bridgehead atoms. The van der Waals surface area contributed by atoms with Crippen molar-refractivity contribution in [1.82, 2.24) is 9.38 Å². The van der Waals surface area contributed by atoms with Crippen LogP contribution in [-0.2, 0) is 11.3 Å². The van der Waals surface area contributed by atoms with E-state index < -0.39 is 16.6 Å². The summed E-state index contributed by atoms with van der Waals surface area (Å²) in [5.74, 6) is -0.535. The number of aromatic nitrogens is 2. The van der Waals surface area contributed by atoms with Crippen LogP contribution in [0, 0.1) is 10.1 Å². The Labute approximate surface area is 150 Å². The van der Waals surface area contributed by atoms with E-state index in [1.807, 2.05) is 0 Å². The van der Waals surface area contributed by atoms with Gasteiger partial charge in [-0.25, -0.2) is 9.78 Å². The number of esters is 1. The van der Waals surface area contributed by atoms with E-state index >= 15 is 0 Å². The van der Waals surface area contributed by atoms with Crippen LogP contribution < -0.4 is 15.0 Å². The second kappa shape index (κ2) is 6.41. The van der Waals surface area contributed by atoms with Crippen molar-refractivity contribution in [2.75, 3.05) is 6.79 Å². The number of carbonyl (C=O) groups is 1. The summed E-state index contributed by atoms with van der Waals surface area (Å²) >= 11 is 0. The highest BCUT2D eigenvalue weighted by atomic mass is 16.7. The third-order valence-electron chi connectivity index (χ3n) is 3.88. The predicted molar refractivity (Wildman–Crippen MR) is 89.8 cm³/mol. The van der Waals surface area contributed by atoms with Gasteiger partial charge >= 0.3 is 5.97 Å². The second-order valence-corrected chi connectivity index (χ2v) is 5.57. The molecular formula is C17H11N3O7. The molecule has 0 amide bonds. The van der Waals surface area contributed by atoms with Crippen LogP contribution in [-0.4, -0.2) is 27.1 Å². The molecule has 0 fully saturated rings. The molecule has 3 heterocycles. The molecule has 2 aromatic heterocycles. The summed E-state index contributed by atoms with van der Waals surface area (Å²) in [5, 5.41) is 11.2.